The van der Waals surface area contributed by atoms with Crippen LogP contribution in [0.5, 0.6) is 0 Å². The summed E-state index contributed by atoms with van der Waals surface area (Å²) in [6.07, 6.45) is 6.63. The molecular formula is C26H19N3O2. The summed E-state index contributed by atoms with van der Waals surface area (Å²) in [5.41, 5.74) is 5.19. The van der Waals surface area contributed by atoms with E-state index in [1.807, 2.05) is 42.5 Å². The molecule has 1 aliphatic carbocycles. The maximum Gasteiger partial charge on any atom is 0.333 e. The minimum Gasteiger partial charge on any atom is -0.306 e. The van der Waals surface area contributed by atoms with E-state index >= 15 is 0 Å². The van der Waals surface area contributed by atoms with Gasteiger partial charge in [0.15, 0.2) is 0 Å². The van der Waals surface area contributed by atoms with Gasteiger partial charge in [0.05, 0.1) is 22.8 Å². The van der Waals surface area contributed by atoms with Gasteiger partial charge in [-0.25, -0.2) is 9.36 Å². The van der Waals surface area contributed by atoms with Crippen LogP contribution in [-0.4, -0.2) is 14.5 Å². The first-order chi connectivity index (χ1) is 15.2. The fourth-order valence-corrected chi connectivity index (χ4v) is 4.77. The number of rotatable bonds is 2. The molecule has 1 N–H and O–H groups in total. The Kier molecular flexibility index (Phi) is 3.90. The third-order valence-electron chi connectivity index (χ3n) is 6.24. The molecule has 0 saturated heterocycles. The lowest BCUT2D eigenvalue weighted by Crippen LogP contribution is -2.33. The highest BCUT2D eigenvalue weighted by atomic mass is 16.2. The van der Waals surface area contributed by atoms with E-state index in [9.17, 15) is 9.59 Å². The fourth-order valence-electron chi connectivity index (χ4n) is 4.77. The van der Waals surface area contributed by atoms with Crippen molar-refractivity contribution in [1.29, 1.82) is 0 Å². The van der Waals surface area contributed by atoms with Crippen molar-refractivity contribution >= 4 is 21.7 Å². The number of aromatic nitrogens is 3. The number of hydrogen-bond acceptors (Lipinski definition) is 3. The van der Waals surface area contributed by atoms with E-state index < -0.39 is 5.69 Å². The van der Waals surface area contributed by atoms with Gasteiger partial charge in [-0.2, -0.15) is 0 Å². The monoisotopic (exact) mass is 405 g/mol. The fraction of sp³-hybridized carbons (Fsp3) is 0.115. The Morgan fingerprint density at radius 2 is 1.77 bits per heavy atom. The second-order valence-corrected chi connectivity index (χ2v) is 8.01. The van der Waals surface area contributed by atoms with E-state index in [4.69, 9.17) is 0 Å². The smallest absolute Gasteiger partial charge is 0.306 e. The summed E-state index contributed by atoms with van der Waals surface area (Å²) in [6, 6.07) is 19.7. The van der Waals surface area contributed by atoms with Gasteiger partial charge in [0.2, 0.25) is 0 Å². The number of nitrogens with one attached hydrogen (secondary N) is 1. The zero-order valence-corrected chi connectivity index (χ0v) is 16.8. The van der Waals surface area contributed by atoms with Gasteiger partial charge in [0.25, 0.3) is 5.56 Å². The zero-order chi connectivity index (χ0) is 20.9. The molecule has 0 unspecified atom stereocenters. The van der Waals surface area contributed by atoms with Crippen LogP contribution in [0.4, 0.5) is 0 Å². The molecule has 5 nitrogen and oxygen atoms in total. The van der Waals surface area contributed by atoms with Gasteiger partial charge in [0.1, 0.15) is 0 Å². The van der Waals surface area contributed by atoms with Crippen LogP contribution in [0.3, 0.4) is 0 Å². The highest BCUT2D eigenvalue weighted by Gasteiger charge is 2.17. The van der Waals surface area contributed by atoms with Gasteiger partial charge in [-0.05, 0) is 53.6 Å². The first-order valence-electron chi connectivity index (χ1n) is 10.4. The molecule has 150 valence electrons. The van der Waals surface area contributed by atoms with Crippen molar-refractivity contribution in [2.45, 2.75) is 19.3 Å². The predicted octanol–water partition coefficient (Wildman–Crippen LogP) is 4.38. The first-order valence-corrected chi connectivity index (χ1v) is 10.4. The summed E-state index contributed by atoms with van der Waals surface area (Å²) in [6.45, 7) is 0. The molecule has 6 rings (SSSR count). The first kappa shape index (κ1) is 17.8. The average molecular weight is 405 g/mol. The van der Waals surface area contributed by atoms with E-state index in [-0.39, 0.29) is 5.56 Å². The molecule has 0 atom stereocenters. The molecule has 2 heterocycles. The van der Waals surface area contributed by atoms with Crippen LogP contribution in [0.1, 0.15) is 17.5 Å². The third-order valence-corrected chi connectivity index (χ3v) is 6.24. The number of nitrogens with zero attached hydrogens (tertiary/aromatic N) is 2. The zero-order valence-electron chi connectivity index (χ0n) is 16.8. The molecule has 0 bridgehead atoms. The molecule has 5 heteroatoms. The Labute approximate surface area is 177 Å². The molecule has 2 aromatic heterocycles. The van der Waals surface area contributed by atoms with Gasteiger partial charge in [-0.15, -0.1) is 0 Å². The topological polar surface area (TPSA) is 67.8 Å². The third kappa shape index (κ3) is 2.74. The van der Waals surface area contributed by atoms with Gasteiger partial charge >= 0.3 is 5.69 Å². The van der Waals surface area contributed by atoms with Gasteiger partial charge in [-0.1, -0.05) is 48.5 Å². The Hall–Kier alpha value is -3.99. The van der Waals surface area contributed by atoms with Crippen LogP contribution < -0.4 is 11.2 Å². The van der Waals surface area contributed by atoms with E-state index in [1.54, 1.807) is 12.4 Å². The maximum absolute atomic E-state index is 13.3. The highest BCUT2D eigenvalue weighted by molar-refractivity contribution is 5.90. The Morgan fingerprint density at radius 1 is 0.871 bits per heavy atom. The molecule has 0 aliphatic heterocycles. The van der Waals surface area contributed by atoms with E-state index in [2.05, 4.69) is 28.2 Å². The minimum atomic E-state index is -0.467. The van der Waals surface area contributed by atoms with Crippen molar-refractivity contribution in [3.63, 3.8) is 0 Å². The minimum absolute atomic E-state index is 0.346. The largest absolute Gasteiger partial charge is 0.333 e. The number of aromatic amines is 1. The van der Waals surface area contributed by atoms with Crippen LogP contribution in [-0.2, 0) is 12.8 Å². The normalized spacial score (nSPS) is 13.0. The number of benzene rings is 3. The van der Waals surface area contributed by atoms with Gasteiger partial charge in [-0.3, -0.25) is 9.78 Å². The van der Waals surface area contributed by atoms with Crippen molar-refractivity contribution in [3.8, 4) is 16.8 Å². The van der Waals surface area contributed by atoms with Crippen LogP contribution in [0.2, 0.25) is 0 Å². The standard InChI is InChI=1S/C26H19N3O2/c30-25-22-12-11-17(20-10-4-7-16-6-3-9-19(16)20)13-23(22)28-26(31)29(25)24-15-27-14-18-5-1-2-8-21(18)24/h1-2,4-5,7-8,10-15H,3,6,9H2,(H,28,31). The lowest BCUT2D eigenvalue weighted by atomic mass is 9.96. The predicted molar refractivity (Wildman–Crippen MR) is 123 cm³/mol. The van der Waals surface area contributed by atoms with E-state index in [0.717, 1.165) is 29.2 Å². The summed E-state index contributed by atoms with van der Waals surface area (Å²) in [5, 5.41) is 2.16. The molecular weight excluding hydrogens is 386 g/mol. The Balaban J connectivity index is 1.58. The Morgan fingerprint density at radius 3 is 2.71 bits per heavy atom. The second kappa shape index (κ2) is 6.77. The average Bonchev–Trinajstić information content (AvgIpc) is 3.28. The number of H-pyrrole nitrogens is 1. The number of aryl methyl sites for hydroxylation is 1. The van der Waals surface area contributed by atoms with Crippen molar-refractivity contribution < 1.29 is 0 Å². The van der Waals surface area contributed by atoms with Crippen LogP contribution >= 0.6 is 0 Å². The summed E-state index contributed by atoms with van der Waals surface area (Å²) >= 11 is 0. The molecule has 0 radical (unpaired) electrons. The number of pyridine rings is 1. The van der Waals surface area contributed by atoms with Gasteiger partial charge in [0, 0.05) is 17.0 Å². The summed E-state index contributed by atoms with van der Waals surface area (Å²) < 4.78 is 1.18. The van der Waals surface area contributed by atoms with Gasteiger partial charge < -0.3 is 4.98 Å². The summed E-state index contributed by atoms with van der Waals surface area (Å²) in [7, 11) is 0. The highest BCUT2D eigenvalue weighted by Crippen LogP contribution is 2.33. The van der Waals surface area contributed by atoms with Crippen molar-refractivity contribution in [2.24, 2.45) is 0 Å². The summed E-state index contributed by atoms with van der Waals surface area (Å²) in [5.74, 6) is 0. The Bertz CT molecular complexity index is 1610. The molecule has 31 heavy (non-hydrogen) atoms. The van der Waals surface area contributed by atoms with Crippen molar-refractivity contribution in [3.05, 3.63) is 105 Å². The number of fused-ring (bicyclic) bond motifs is 3. The summed E-state index contributed by atoms with van der Waals surface area (Å²) in [4.78, 5) is 33.5. The number of hydrogen-bond donors (Lipinski definition) is 1. The van der Waals surface area contributed by atoms with Crippen LogP contribution in [0, 0.1) is 0 Å². The quantitative estimate of drug-likeness (QED) is 0.474. The second-order valence-electron chi connectivity index (χ2n) is 8.01. The van der Waals surface area contributed by atoms with Crippen molar-refractivity contribution in [2.75, 3.05) is 0 Å². The van der Waals surface area contributed by atoms with Crippen molar-refractivity contribution in [1.82, 2.24) is 14.5 Å². The van der Waals surface area contributed by atoms with Crippen LogP contribution in [0.15, 0.2) is 82.6 Å². The lowest BCUT2D eigenvalue weighted by Gasteiger charge is -2.11. The molecule has 5 aromatic rings. The van der Waals surface area contributed by atoms with Crippen LogP contribution in [0.25, 0.3) is 38.5 Å². The molecule has 3 aromatic carbocycles. The SMILES string of the molecule is O=c1[nH]c2cc(-c3cccc4c3CCC4)ccc2c(=O)n1-c1cncc2ccccc12. The van der Waals surface area contributed by atoms with E-state index in [0.29, 0.717) is 16.6 Å². The molecule has 0 saturated carbocycles. The lowest BCUT2D eigenvalue weighted by molar-refractivity contribution is 0.902. The molecule has 0 fully saturated rings. The van der Waals surface area contributed by atoms with E-state index in [1.165, 1.54) is 27.7 Å². The molecule has 0 spiro atoms. The molecule has 0 amide bonds. The molecule has 1 aliphatic rings. The maximum atomic E-state index is 13.3.